The Morgan fingerprint density at radius 2 is 2.00 bits per heavy atom. The molecule has 1 rings (SSSR count). The fourth-order valence-corrected chi connectivity index (χ4v) is 2.62. The smallest absolute Gasteiger partial charge is 0.308 e. The molecule has 3 atom stereocenters. The molecule has 0 aliphatic heterocycles. The summed E-state index contributed by atoms with van der Waals surface area (Å²) < 4.78 is 4.88. The highest BCUT2D eigenvalue weighted by Gasteiger charge is 2.35. The van der Waals surface area contributed by atoms with Crippen LogP contribution in [0.15, 0.2) is 0 Å². The summed E-state index contributed by atoms with van der Waals surface area (Å²) in [6, 6.07) is 0. The first kappa shape index (κ1) is 11.5. The molecule has 1 saturated carbocycles. The molecule has 0 spiro atoms. The zero-order valence-corrected chi connectivity index (χ0v) is 9.75. The van der Waals surface area contributed by atoms with E-state index in [1.807, 2.05) is 0 Å². The summed E-state index contributed by atoms with van der Waals surface area (Å²) in [5.41, 5.74) is 0. The molecule has 0 aromatic rings. The van der Waals surface area contributed by atoms with E-state index in [9.17, 15) is 4.79 Å². The average Bonchev–Trinajstić information content (AvgIpc) is 2.16. The van der Waals surface area contributed by atoms with Crippen LogP contribution in [0.25, 0.3) is 0 Å². The van der Waals surface area contributed by atoms with Gasteiger partial charge in [0.15, 0.2) is 0 Å². The molecule has 0 bridgehead atoms. The lowest BCUT2D eigenvalue weighted by Crippen LogP contribution is -2.33. The molecule has 0 N–H and O–H groups in total. The molecule has 3 unspecified atom stereocenters. The second-order valence-electron chi connectivity index (χ2n) is 4.96. The van der Waals surface area contributed by atoms with Crippen LogP contribution in [0.3, 0.4) is 0 Å². The number of ether oxygens (including phenoxy) is 1. The van der Waals surface area contributed by atoms with E-state index in [4.69, 9.17) is 4.74 Å². The number of hydrogen-bond acceptors (Lipinski definition) is 2. The van der Waals surface area contributed by atoms with Gasteiger partial charge in [0.05, 0.1) is 13.0 Å². The van der Waals surface area contributed by atoms with E-state index in [-0.39, 0.29) is 11.9 Å². The molecule has 0 saturated heterocycles. The molecular weight excluding hydrogens is 176 g/mol. The summed E-state index contributed by atoms with van der Waals surface area (Å²) in [5.74, 6) is 1.93. The van der Waals surface area contributed by atoms with E-state index in [0.29, 0.717) is 17.8 Å². The first-order valence-corrected chi connectivity index (χ1v) is 5.64. The van der Waals surface area contributed by atoms with Crippen molar-refractivity contribution in [3.63, 3.8) is 0 Å². The van der Waals surface area contributed by atoms with E-state index in [1.165, 1.54) is 20.0 Å². The van der Waals surface area contributed by atoms with Crippen molar-refractivity contribution in [1.29, 1.82) is 0 Å². The van der Waals surface area contributed by atoms with Crippen molar-refractivity contribution in [2.75, 3.05) is 7.11 Å². The molecular formula is C12H22O2. The molecule has 14 heavy (non-hydrogen) atoms. The van der Waals surface area contributed by atoms with Crippen molar-refractivity contribution < 1.29 is 9.53 Å². The Hall–Kier alpha value is -0.530. The third kappa shape index (κ3) is 2.49. The van der Waals surface area contributed by atoms with Crippen molar-refractivity contribution in [1.82, 2.24) is 0 Å². The first-order valence-electron chi connectivity index (χ1n) is 5.64. The van der Waals surface area contributed by atoms with Gasteiger partial charge in [-0.2, -0.15) is 0 Å². The van der Waals surface area contributed by atoms with Gasteiger partial charge < -0.3 is 4.74 Å². The van der Waals surface area contributed by atoms with Crippen LogP contribution in [0.2, 0.25) is 0 Å². The van der Waals surface area contributed by atoms with Crippen molar-refractivity contribution in [3.05, 3.63) is 0 Å². The van der Waals surface area contributed by atoms with Crippen molar-refractivity contribution in [2.45, 2.75) is 40.0 Å². The van der Waals surface area contributed by atoms with Gasteiger partial charge in [-0.1, -0.05) is 27.2 Å². The molecule has 0 aromatic carbocycles. The van der Waals surface area contributed by atoms with Crippen molar-refractivity contribution in [2.24, 2.45) is 23.7 Å². The zero-order valence-electron chi connectivity index (χ0n) is 9.75. The number of rotatable bonds is 2. The Balaban J connectivity index is 2.68. The Labute approximate surface area is 87.0 Å². The van der Waals surface area contributed by atoms with Gasteiger partial charge in [-0.3, -0.25) is 4.79 Å². The second-order valence-corrected chi connectivity index (χ2v) is 4.96. The van der Waals surface area contributed by atoms with Gasteiger partial charge in [-0.25, -0.2) is 0 Å². The maximum absolute atomic E-state index is 11.6. The van der Waals surface area contributed by atoms with Gasteiger partial charge in [0, 0.05) is 0 Å². The van der Waals surface area contributed by atoms with Gasteiger partial charge in [0.1, 0.15) is 0 Å². The lowest BCUT2D eigenvalue weighted by Gasteiger charge is -2.35. The fourth-order valence-electron chi connectivity index (χ4n) is 2.62. The average molecular weight is 198 g/mol. The van der Waals surface area contributed by atoms with Crippen LogP contribution in [0.5, 0.6) is 0 Å². The molecule has 1 aliphatic carbocycles. The molecule has 0 amide bonds. The zero-order chi connectivity index (χ0) is 10.7. The molecule has 0 radical (unpaired) electrons. The minimum atomic E-state index is -0.00440. The minimum absolute atomic E-state index is 0.00440. The van der Waals surface area contributed by atoms with E-state index < -0.39 is 0 Å². The van der Waals surface area contributed by atoms with Crippen LogP contribution in [0, 0.1) is 23.7 Å². The Bertz CT molecular complexity index is 198. The van der Waals surface area contributed by atoms with Crippen LogP contribution >= 0.6 is 0 Å². The topological polar surface area (TPSA) is 26.3 Å². The third-order valence-electron chi connectivity index (χ3n) is 3.53. The van der Waals surface area contributed by atoms with Crippen molar-refractivity contribution in [3.8, 4) is 0 Å². The minimum Gasteiger partial charge on any atom is -0.469 e. The molecule has 82 valence electrons. The second kappa shape index (κ2) is 4.81. The van der Waals surface area contributed by atoms with E-state index >= 15 is 0 Å². The number of esters is 1. The number of methoxy groups -OCH3 is 1. The summed E-state index contributed by atoms with van der Waals surface area (Å²) >= 11 is 0. The Morgan fingerprint density at radius 3 is 2.50 bits per heavy atom. The molecule has 0 heterocycles. The van der Waals surface area contributed by atoms with E-state index in [1.54, 1.807) is 0 Å². The molecule has 2 nitrogen and oxygen atoms in total. The number of carbonyl (C=O) groups is 1. The summed E-state index contributed by atoms with van der Waals surface area (Å²) in [4.78, 5) is 11.6. The van der Waals surface area contributed by atoms with Crippen LogP contribution < -0.4 is 0 Å². The predicted molar refractivity (Wildman–Crippen MR) is 56.8 cm³/mol. The highest BCUT2D eigenvalue weighted by Crippen LogP contribution is 2.38. The van der Waals surface area contributed by atoms with Gasteiger partial charge >= 0.3 is 5.97 Å². The summed E-state index contributed by atoms with van der Waals surface area (Å²) in [6.45, 7) is 6.64. The highest BCUT2D eigenvalue weighted by atomic mass is 16.5. The van der Waals surface area contributed by atoms with E-state index in [2.05, 4.69) is 20.8 Å². The lowest BCUT2D eigenvalue weighted by molar-refractivity contribution is -0.150. The molecule has 1 aliphatic rings. The van der Waals surface area contributed by atoms with Gasteiger partial charge in [-0.05, 0) is 30.6 Å². The molecule has 0 aromatic heterocycles. The lowest BCUT2D eigenvalue weighted by atomic mass is 9.70. The highest BCUT2D eigenvalue weighted by molar-refractivity contribution is 5.72. The van der Waals surface area contributed by atoms with Gasteiger partial charge in [-0.15, -0.1) is 0 Å². The van der Waals surface area contributed by atoms with Gasteiger partial charge in [0.25, 0.3) is 0 Å². The standard InChI is InChI=1S/C12H22O2/c1-8(2)10-6-5-9(3)7-11(10)12(13)14-4/h8-11H,5-7H2,1-4H3. The summed E-state index contributed by atoms with van der Waals surface area (Å²) in [6.07, 6.45) is 3.45. The summed E-state index contributed by atoms with van der Waals surface area (Å²) in [7, 11) is 1.50. The van der Waals surface area contributed by atoms with Crippen LogP contribution in [-0.2, 0) is 9.53 Å². The largest absolute Gasteiger partial charge is 0.469 e. The quantitative estimate of drug-likeness (QED) is 0.638. The SMILES string of the molecule is COC(=O)C1CC(C)CCC1C(C)C. The third-order valence-corrected chi connectivity index (χ3v) is 3.53. The maximum Gasteiger partial charge on any atom is 0.308 e. The summed E-state index contributed by atoms with van der Waals surface area (Å²) in [5, 5.41) is 0. The van der Waals surface area contributed by atoms with Crippen LogP contribution in [0.4, 0.5) is 0 Å². The van der Waals surface area contributed by atoms with Gasteiger partial charge in [0.2, 0.25) is 0 Å². The molecule has 1 fully saturated rings. The van der Waals surface area contributed by atoms with Crippen LogP contribution in [-0.4, -0.2) is 13.1 Å². The fraction of sp³-hybridized carbons (Fsp3) is 0.917. The normalized spacial score (nSPS) is 33.1. The first-order chi connectivity index (χ1) is 6.56. The predicted octanol–water partition coefficient (Wildman–Crippen LogP) is 2.87. The maximum atomic E-state index is 11.6. The monoisotopic (exact) mass is 198 g/mol. The Morgan fingerprint density at radius 1 is 1.36 bits per heavy atom. The molecule has 2 heteroatoms. The van der Waals surface area contributed by atoms with Crippen molar-refractivity contribution >= 4 is 5.97 Å². The van der Waals surface area contributed by atoms with E-state index in [0.717, 1.165) is 6.42 Å². The van der Waals surface area contributed by atoms with Crippen LogP contribution in [0.1, 0.15) is 40.0 Å². The number of hydrogen-bond donors (Lipinski definition) is 0. The Kier molecular flexibility index (Phi) is 3.97. The number of carbonyl (C=O) groups excluding carboxylic acids is 1.